The molecule has 1 aliphatic heterocycles. The number of hydrogen-bond acceptors (Lipinski definition) is 3. The Morgan fingerprint density at radius 1 is 1.73 bits per heavy atom. The molecule has 60 valence electrons. The van der Waals surface area contributed by atoms with Gasteiger partial charge in [-0.15, -0.1) is 11.3 Å². The maximum Gasteiger partial charge on any atom is 0.0957 e. The molecule has 1 aromatic heterocycles. The lowest BCUT2D eigenvalue weighted by atomic mass is 10.1. The van der Waals surface area contributed by atoms with Gasteiger partial charge in [-0.3, -0.25) is 0 Å². The van der Waals surface area contributed by atoms with Crippen molar-refractivity contribution in [1.82, 2.24) is 0 Å². The van der Waals surface area contributed by atoms with Crippen LogP contribution in [0.1, 0.15) is 16.5 Å². The summed E-state index contributed by atoms with van der Waals surface area (Å²) in [5.41, 5.74) is 6.87. The maximum atomic E-state index is 5.56. The molecule has 0 aliphatic carbocycles. The molecule has 0 spiro atoms. The van der Waals surface area contributed by atoms with E-state index < -0.39 is 0 Å². The number of hydrogen-bond donors (Lipinski definition) is 1. The highest BCUT2D eigenvalue weighted by atomic mass is 32.1. The monoisotopic (exact) mass is 169 g/mol. The molecule has 0 aromatic carbocycles. The zero-order valence-electron chi connectivity index (χ0n) is 6.25. The largest absolute Gasteiger partial charge is 0.372 e. The molecule has 0 saturated heterocycles. The van der Waals surface area contributed by atoms with E-state index in [9.17, 15) is 0 Å². The molecule has 0 saturated carbocycles. The first-order valence-electron chi connectivity index (χ1n) is 3.79. The average molecular weight is 169 g/mol. The Hall–Kier alpha value is -0.380. The molecule has 2 nitrogen and oxygen atoms in total. The van der Waals surface area contributed by atoms with Crippen LogP contribution in [0.3, 0.4) is 0 Å². The molecule has 2 rings (SSSR count). The van der Waals surface area contributed by atoms with Gasteiger partial charge in [0.25, 0.3) is 0 Å². The number of ether oxygens (including phenoxy) is 1. The Kier molecular flexibility index (Phi) is 1.94. The van der Waals surface area contributed by atoms with Gasteiger partial charge >= 0.3 is 0 Å². The molecule has 0 bridgehead atoms. The number of fused-ring (bicyclic) bond motifs is 1. The van der Waals surface area contributed by atoms with Crippen molar-refractivity contribution in [2.45, 2.75) is 12.5 Å². The smallest absolute Gasteiger partial charge is 0.0957 e. The minimum atomic E-state index is 0.157. The molecule has 3 heteroatoms. The van der Waals surface area contributed by atoms with Gasteiger partial charge in [0.05, 0.1) is 12.7 Å². The minimum Gasteiger partial charge on any atom is -0.372 e. The van der Waals surface area contributed by atoms with Crippen LogP contribution >= 0.6 is 11.3 Å². The predicted molar refractivity (Wildman–Crippen MR) is 45.8 cm³/mol. The van der Waals surface area contributed by atoms with E-state index in [2.05, 4.69) is 11.4 Å². The van der Waals surface area contributed by atoms with Crippen LogP contribution in [0.15, 0.2) is 11.4 Å². The summed E-state index contributed by atoms with van der Waals surface area (Å²) in [4.78, 5) is 1.45. The normalized spacial score (nSPS) is 23.2. The maximum absolute atomic E-state index is 5.56. The summed E-state index contributed by atoms with van der Waals surface area (Å²) >= 11 is 1.81. The van der Waals surface area contributed by atoms with E-state index in [0.29, 0.717) is 6.54 Å². The molecular formula is C8H11NOS. The van der Waals surface area contributed by atoms with Crippen LogP contribution in [0.25, 0.3) is 0 Å². The highest BCUT2D eigenvalue weighted by molar-refractivity contribution is 7.10. The second-order valence-corrected chi connectivity index (χ2v) is 3.64. The number of thiophene rings is 1. The van der Waals surface area contributed by atoms with Gasteiger partial charge in [-0.2, -0.15) is 0 Å². The molecule has 2 heterocycles. The van der Waals surface area contributed by atoms with Crippen LogP contribution in [0.5, 0.6) is 0 Å². The first kappa shape index (κ1) is 7.28. The van der Waals surface area contributed by atoms with Gasteiger partial charge in [-0.1, -0.05) is 0 Å². The second-order valence-electron chi connectivity index (χ2n) is 2.64. The summed E-state index contributed by atoms with van der Waals surface area (Å²) < 4.78 is 5.49. The van der Waals surface area contributed by atoms with Crippen LogP contribution in [0.2, 0.25) is 0 Å². The van der Waals surface area contributed by atoms with Crippen molar-refractivity contribution in [1.29, 1.82) is 0 Å². The summed E-state index contributed by atoms with van der Waals surface area (Å²) in [6, 6.07) is 2.12. The van der Waals surface area contributed by atoms with Crippen LogP contribution in [0, 0.1) is 0 Å². The number of nitrogens with two attached hydrogens (primary N) is 1. The SMILES string of the molecule is NCC1OCCc2sccc21. The fourth-order valence-electron chi connectivity index (χ4n) is 1.42. The minimum absolute atomic E-state index is 0.157. The summed E-state index contributed by atoms with van der Waals surface area (Å²) in [5, 5.41) is 2.11. The van der Waals surface area contributed by atoms with Gasteiger partial charge in [-0.25, -0.2) is 0 Å². The molecular weight excluding hydrogens is 158 g/mol. The van der Waals surface area contributed by atoms with E-state index in [1.54, 1.807) is 0 Å². The van der Waals surface area contributed by atoms with E-state index in [1.165, 1.54) is 10.4 Å². The van der Waals surface area contributed by atoms with Crippen molar-refractivity contribution >= 4 is 11.3 Å². The van der Waals surface area contributed by atoms with Gasteiger partial charge < -0.3 is 10.5 Å². The third-order valence-corrected chi connectivity index (χ3v) is 2.99. The predicted octanol–water partition coefficient (Wildman–Crippen LogP) is 1.32. The lowest BCUT2D eigenvalue weighted by molar-refractivity contribution is 0.0498. The zero-order valence-corrected chi connectivity index (χ0v) is 7.06. The van der Waals surface area contributed by atoms with Gasteiger partial charge in [0.15, 0.2) is 0 Å². The summed E-state index contributed by atoms with van der Waals surface area (Å²) in [6.45, 7) is 1.43. The van der Waals surface area contributed by atoms with Crippen molar-refractivity contribution in [2.24, 2.45) is 5.73 Å². The van der Waals surface area contributed by atoms with Crippen LogP contribution in [-0.2, 0) is 11.2 Å². The average Bonchev–Trinajstić information content (AvgIpc) is 2.50. The lowest BCUT2D eigenvalue weighted by Crippen LogP contribution is -2.21. The van der Waals surface area contributed by atoms with Crippen molar-refractivity contribution in [3.05, 3.63) is 21.9 Å². The van der Waals surface area contributed by atoms with E-state index in [4.69, 9.17) is 10.5 Å². The Labute approximate surface area is 70.0 Å². The van der Waals surface area contributed by atoms with Crippen molar-refractivity contribution in [3.63, 3.8) is 0 Å². The topological polar surface area (TPSA) is 35.2 Å². The molecule has 1 aliphatic rings. The summed E-state index contributed by atoms with van der Waals surface area (Å²) in [5.74, 6) is 0. The summed E-state index contributed by atoms with van der Waals surface area (Å²) in [6.07, 6.45) is 1.22. The van der Waals surface area contributed by atoms with Crippen molar-refractivity contribution < 1.29 is 4.74 Å². The molecule has 11 heavy (non-hydrogen) atoms. The molecule has 1 unspecified atom stereocenters. The summed E-state index contributed by atoms with van der Waals surface area (Å²) in [7, 11) is 0. The van der Waals surface area contributed by atoms with Crippen LogP contribution < -0.4 is 5.73 Å². The molecule has 1 aromatic rings. The third-order valence-electron chi connectivity index (χ3n) is 1.99. The van der Waals surface area contributed by atoms with Gasteiger partial charge in [0.2, 0.25) is 0 Å². The first-order chi connectivity index (χ1) is 5.42. The van der Waals surface area contributed by atoms with Gasteiger partial charge in [0.1, 0.15) is 0 Å². The highest BCUT2D eigenvalue weighted by Gasteiger charge is 2.19. The second kappa shape index (κ2) is 2.93. The fraction of sp³-hybridized carbons (Fsp3) is 0.500. The molecule has 1 atom stereocenters. The molecule has 2 N–H and O–H groups in total. The molecule has 0 fully saturated rings. The lowest BCUT2D eigenvalue weighted by Gasteiger charge is -2.21. The quantitative estimate of drug-likeness (QED) is 0.688. The van der Waals surface area contributed by atoms with E-state index in [-0.39, 0.29) is 6.10 Å². The van der Waals surface area contributed by atoms with Crippen molar-refractivity contribution in [3.8, 4) is 0 Å². The van der Waals surface area contributed by atoms with Gasteiger partial charge in [0, 0.05) is 17.8 Å². The van der Waals surface area contributed by atoms with Crippen LogP contribution in [0.4, 0.5) is 0 Å². The first-order valence-corrected chi connectivity index (χ1v) is 4.67. The fourth-order valence-corrected chi connectivity index (χ4v) is 2.33. The third kappa shape index (κ3) is 1.20. The van der Waals surface area contributed by atoms with Gasteiger partial charge in [-0.05, 0) is 17.0 Å². The van der Waals surface area contributed by atoms with E-state index in [1.807, 2.05) is 11.3 Å². The number of rotatable bonds is 1. The highest BCUT2D eigenvalue weighted by Crippen LogP contribution is 2.29. The van der Waals surface area contributed by atoms with E-state index >= 15 is 0 Å². The standard InChI is InChI=1S/C8H11NOS/c9-5-7-6-2-4-11-8(6)1-3-10-7/h2,4,7H,1,3,5,9H2. The Balaban J connectivity index is 2.32. The zero-order chi connectivity index (χ0) is 7.68. The van der Waals surface area contributed by atoms with E-state index in [0.717, 1.165) is 13.0 Å². The van der Waals surface area contributed by atoms with Crippen LogP contribution in [-0.4, -0.2) is 13.2 Å². The van der Waals surface area contributed by atoms with Crippen molar-refractivity contribution in [2.75, 3.05) is 13.2 Å². The Bertz CT molecular complexity index is 246. The Morgan fingerprint density at radius 2 is 2.64 bits per heavy atom. The molecule has 0 amide bonds. The Morgan fingerprint density at radius 3 is 3.45 bits per heavy atom. The molecule has 0 radical (unpaired) electrons.